The first-order valence-electron chi connectivity index (χ1n) is 6.96. The Morgan fingerprint density at radius 3 is 1.82 bits per heavy atom. The van der Waals surface area contributed by atoms with Gasteiger partial charge in [0, 0.05) is 0 Å². The van der Waals surface area contributed by atoms with Crippen molar-refractivity contribution in [3.8, 4) is 0 Å². The molecule has 17 heavy (non-hydrogen) atoms. The first-order chi connectivity index (χ1) is 7.91. The Hall–Kier alpha value is -0.275. The third-order valence-electron chi connectivity index (χ3n) is 4.39. The van der Waals surface area contributed by atoms with Gasteiger partial charge in [-0.25, -0.2) is 0 Å². The third kappa shape index (κ3) is 2.94. The Balaban J connectivity index is 2.03. The van der Waals surface area contributed by atoms with Crippen LogP contribution in [0.3, 0.4) is 0 Å². The largest absolute Gasteiger partial charge is 0.487 e. The molecule has 0 N–H and O–H groups in total. The monoisotopic (exact) mass is 236 g/mol. The number of allylic oxidation sites excluding steroid dienone is 1. The fourth-order valence-electron chi connectivity index (χ4n) is 2.50. The molecular weight excluding hydrogens is 211 g/mol. The van der Waals surface area contributed by atoms with E-state index in [2.05, 4.69) is 33.7 Å². The van der Waals surface area contributed by atoms with Crippen molar-refractivity contribution in [1.29, 1.82) is 0 Å². The summed E-state index contributed by atoms with van der Waals surface area (Å²) in [7, 11) is -0.145. The van der Waals surface area contributed by atoms with Crippen LogP contribution < -0.4 is 0 Å². The van der Waals surface area contributed by atoms with Crippen molar-refractivity contribution in [1.82, 2.24) is 0 Å². The van der Waals surface area contributed by atoms with Crippen LogP contribution in [-0.2, 0) is 9.31 Å². The van der Waals surface area contributed by atoms with Crippen molar-refractivity contribution in [2.75, 3.05) is 0 Å². The lowest BCUT2D eigenvalue weighted by atomic mass is 9.85. The van der Waals surface area contributed by atoms with Crippen molar-refractivity contribution in [2.24, 2.45) is 0 Å². The second-order valence-corrected chi connectivity index (χ2v) is 6.36. The van der Waals surface area contributed by atoms with E-state index >= 15 is 0 Å². The molecule has 0 atom stereocenters. The van der Waals surface area contributed by atoms with Crippen molar-refractivity contribution in [3.05, 3.63) is 11.5 Å². The molecule has 0 unspecified atom stereocenters. The molecule has 0 radical (unpaired) electrons. The Kier molecular flexibility index (Phi) is 3.70. The average Bonchev–Trinajstić information content (AvgIpc) is 2.42. The predicted molar refractivity (Wildman–Crippen MR) is 71.9 cm³/mol. The van der Waals surface area contributed by atoms with Crippen LogP contribution in [0.25, 0.3) is 0 Å². The van der Waals surface area contributed by atoms with Crippen molar-refractivity contribution < 1.29 is 9.31 Å². The van der Waals surface area contributed by atoms with Gasteiger partial charge in [-0.3, -0.25) is 0 Å². The first-order valence-corrected chi connectivity index (χ1v) is 6.96. The lowest BCUT2D eigenvalue weighted by molar-refractivity contribution is 0.00578. The van der Waals surface area contributed by atoms with E-state index in [9.17, 15) is 0 Å². The summed E-state index contributed by atoms with van der Waals surface area (Å²) in [6, 6.07) is 0. The second kappa shape index (κ2) is 4.77. The number of rotatable bonds is 1. The smallest absolute Gasteiger partial charge is 0.400 e. The summed E-state index contributed by atoms with van der Waals surface area (Å²) in [5.41, 5.74) is 1.11. The topological polar surface area (TPSA) is 18.5 Å². The quantitative estimate of drug-likeness (QED) is 0.507. The van der Waals surface area contributed by atoms with Gasteiger partial charge in [-0.15, -0.1) is 0 Å². The highest BCUT2D eigenvalue weighted by Crippen LogP contribution is 2.37. The van der Waals surface area contributed by atoms with E-state index in [0.29, 0.717) is 0 Å². The van der Waals surface area contributed by atoms with Gasteiger partial charge in [0.05, 0.1) is 11.2 Å². The maximum absolute atomic E-state index is 6.01. The Morgan fingerprint density at radius 2 is 1.35 bits per heavy atom. The Labute approximate surface area is 106 Å². The van der Waals surface area contributed by atoms with Gasteiger partial charge in [-0.2, -0.15) is 0 Å². The minimum atomic E-state index is -0.209. The molecular formula is C14H25BO2. The minimum Gasteiger partial charge on any atom is -0.400 e. The van der Waals surface area contributed by atoms with Crippen molar-refractivity contribution >= 4 is 7.12 Å². The van der Waals surface area contributed by atoms with E-state index in [0.717, 1.165) is 0 Å². The molecule has 0 aromatic rings. The molecule has 1 aliphatic heterocycles. The van der Waals surface area contributed by atoms with E-state index < -0.39 is 0 Å². The molecule has 3 heteroatoms. The summed E-state index contributed by atoms with van der Waals surface area (Å²) < 4.78 is 12.0. The van der Waals surface area contributed by atoms with Gasteiger partial charge in [0.1, 0.15) is 0 Å². The zero-order valence-electron chi connectivity index (χ0n) is 11.7. The normalized spacial score (nSPS) is 28.0. The summed E-state index contributed by atoms with van der Waals surface area (Å²) in [6.07, 6.45) is 7.85. The second-order valence-electron chi connectivity index (χ2n) is 6.36. The Morgan fingerprint density at radius 1 is 0.882 bits per heavy atom. The van der Waals surface area contributed by atoms with E-state index in [4.69, 9.17) is 9.31 Å². The van der Waals surface area contributed by atoms with Crippen molar-refractivity contribution in [3.63, 3.8) is 0 Å². The zero-order valence-corrected chi connectivity index (χ0v) is 11.7. The lowest BCUT2D eigenvalue weighted by Gasteiger charge is -2.32. The highest BCUT2D eigenvalue weighted by atomic mass is 16.7. The van der Waals surface area contributed by atoms with Gasteiger partial charge in [-0.1, -0.05) is 24.4 Å². The maximum atomic E-state index is 6.01. The molecule has 1 saturated heterocycles. The Bertz CT molecular complexity index is 281. The summed E-state index contributed by atoms with van der Waals surface area (Å²) in [6.45, 7) is 8.44. The van der Waals surface area contributed by atoms with E-state index in [1.807, 2.05) is 0 Å². The molecule has 2 nitrogen and oxygen atoms in total. The van der Waals surface area contributed by atoms with Crippen LogP contribution in [0.2, 0.25) is 0 Å². The average molecular weight is 236 g/mol. The van der Waals surface area contributed by atoms with Crippen LogP contribution in [0, 0.1) is 0 Å². The maximum Gasteiger partial charge on any atom is 0.487 e. The molecule has 2 aliphatic rings. The molecule has 0 amide bonds. The summed E-state index contributed by atoms with van der Waals surface area (Å²) in [5.74, 6) is 2.22. The molecule has 0 aromatic heterocycles. The molecule has 0 aromatic carbocycles. The molecule has 2 fully saturated rings. The van der Waals surface area contributed by atoms with Gasteiger partial charge in [0.15, 0.2) is 0 Å². The molecule has 1 saturated carbocycles. The minimum absolute atomic E-state index is 0.145. The van der Waals surface area contributed by atoms with Gasteiger partial charge in [0.25, 0.3) is 0 Å². The lowest BCUT2D eigenvalue weighted by Crippen LogP contribution is -2.41. The fourth-order valence-corrected chi connectivity index (χ4v) is 2.50. The summed E-state index contributed by atoms with van der Waals surface area (Å²) in [4.78, 5) is 0. The fraction of sp³-hybridized carbons (Fsp3) is 0.857. The van der Waals surface area contributed by atoms with Crippen LogP contribution in [0.5, 0.6) is 0 Å². The highest BCUT2D eigenvalue weighted by Gasteiger charge is 2.50. The zero-order chi connectivity index (χ0) is 12.5. The van der Waals surface area contributed by atoms with E-state index in [1.54, 1.807) is 0 Å². The van der Waals surface area contributed by atoms with Gasteiger partial charge < -0.3 is 9.31 Å². The van der Waals surface area contributed by atoms with Crippen molar-refractivity contribution in [2.45, 2.75) is 77.4 Å². The van der Waals surface area contributed by atoms with Crippen LogP contribution in [0.4, 0.5) is 0 Å². The molecule has 0 spiro atoms. The predicted octanol–water partition coefficient (Wildman–Crippen LogP) is 3.90. The SMILES string of the molecule is CC1(C)OB(C=C2CCCCCC2)OC1(C)C. The molecule has 0 bridgehead atoms. The van der Waals surface area contributed by atoms with Gasteiger partial charge >= 0.3 is 7.12 Å². The van der Waals surface area contributed by atoms with Gasteiger partial charge in [-0.05, 0) is 53.4 Å². The molecule has 1 aliphatic carbocycles. The third-order valence-corrected chi connectivity index (χ3v) is 4.39. The standard InChI is InChI=1S/C14H25BO2/c1-13(2)14(3,4)17-15(16-13)11-12-9-7-5-6-8-10-12/h11H,5-10H2,1-4H3. The first kappa shape index (κ1) is 13.2. The van der Waals surface area contributed by atoms with Crippen LogP contribution in [0.15, 0.2) is 11.5 Å². The van der Waals surface area contributed by atoms with E-state index in [-0.39, 0.29) is 18.3 Å². The number of hydrogen-bond acceptors (Lipinski definition) is 2. The summed E-state index contributed by atoms with van der Waals surface area (Å²) in [5, 5.41) is 0. The van der Waals surface area contributed by atoms with Crippen LogP contribution in [0.1, 0.15) is 66.2 Å². The number of hydrogen-bond donors (Lipinski definition) is 0. The van der Waals surface area contributed by atoms with Gasteiger partial charge in [0.2, 0.25) is 0 Å². The van der Waals surface area contributed by atoms with E-state index in [1.165, 1.54) is 44.1 Å². The summed E-state index contributed by atoms with van der Waals surface area (Å²) >= 11 is 0. The molecule has 1 heterocycles. The van der Waals surface area contributed by atoms with Crippen LogP contribution >= 0.6 is 0 Å². The van der Waals surface area contributed by atoms with Crippen LogP contribution in [-0.4, -0.2) is 18.3 Å². The molecule has 2 rings (SSSR count). The molecule has 96 valence electrons. The highest BCUT2D eigenvalue weighted by molar-refractivity contribution is 6.51.